The van der Waals surface area contributed by atoms with E-state index in [0.29, 0.717) is 19.5 Å². The molecular formula is C13H26N2O3. The topological polar surface area (TPSA) is 78.4 Å². The number of carboxylic acid groups (broad SMARTS) is 1. The highest BCUT2D eigenvalue weighted by Gasteiger charge is 2.26. The fraction of sp³-hybridized carbons (Fsp3) is 0.846. The number of carboxylic acids is 1. The second-order valence-corrected chi connectivity index (χ2v) is 6.07. The van der Waals surface area contributed by atoms with Gasteiger partial charge in [0, 0.05) is 13.1 Å². The molecule has 0 aromatic heterocycles. The molecule has 0 atom stereocenters. The highest BCUT2D eigenvalue weighted by Crippen LogP contribution is 2.19. The molecule has 106 valence electrons. The van der Waals surface area contributed by atoms with E-state index in [1.807, 2.05) is 0 Å². The lowest BCUT2D eigenvalue weighted by Gasteiger charge is -2.23. The zero-order chi connectivity index (χ0) is 14.4. The summed E-state index contributed by atoms with van der Waals surface area (Å²) in [5.41, 5.74) is -0.729. The number of hydrogen-bond donors (Lipinski definition) is 3. The van der Waals surface area contributed by atoms with Crippen molar-refractivity contribution in [2.45, 2.75) is 47.5 Å². The smallest absolute Gasteiger partial charge is 0.314 e. The first-order chi connectivity index (χ1) is 8.10. The summed E-state index contributed by atoms with van der Waals surface area (Å²) in [4.78, 5) is 22.4. The van der Waals surface area contributed by atoms with Crippen LogP contribution in [-0.4, -0.2) is 30.2 Å². The van der Waals surface area contributed by atoms with Crippen molar-refractivity contribution >= 4 is 12.0 Å². The first-order valence-electron chi connectivity index (χ1n) is 6.36. The van der Waals surface area contributed by atoms with E-state index < -0.39 is 11.4 Å². The summed E-state index contributed by atoms with van der Waals surface area (Å²) in [7, 11) is 0. The van der Waals surface area contributed by atoms with E-state index in [4.69, 9.17) is 5.11 Å². The Morgan fingerprint density at radius 1 is 1.11 bits per heavy atom. The van der Waals surface area contributed by atoms with Crippen molar-refractivity contribution in [2.24, 2.45) is 10.8 Å². The number of carbonyl (C=O) groups excluding carboxylic acids is 1. The summed E-state index contributed by atoms with van der Waals surface area (Å²) in [6, 6.07) is -0.238. The summed E-state index contributed by atoms with van der Waals surface area (Å²) in [5.74, 6) is -0.850. The molecule has 0 spiro atoms. The largest absolute Gasteiger partial charge is 0.481 e. The van der Waals surface area contributed by atoms with Gasteiger partial charge in [0.2, 0.25) is 0 Å². The minimum absolute atomic E-state index is 0.0810. The van der Waals surface area contributed by atoms with Gasteiger partial charge in [-0.05, 0) is 32.1 Å². The molecule has 2 amide bonds. The number of carbonyl (C=O) groups is 2. The Balaban J connectivity index is 3.89. The van der Waals surface area contributed by atoms with Crippen LogP contribution >= 0.6 is 0 Å². The van der Waals surface area contributed by atoms with Crippen LogP contribution in [0.4, 0.5) is 4.79 Å². The fourth-order valence-electron chi connectivity index (χ4n) is 1.10. The number of rotatable bonds is 7. The van der Waals surface area contributed by atoms with Crippen LogP contribution in [0.5, 0.6) is 0 Å². The fourth-order valence-corrected chi connectivity index (χ4v) is 1.10. The van der Waals surface area contributed by atoms with E-state index in [2.05, 4.69) is 31.4 Å². The van der Waals surface area contributed by atoms with Crippen LogP contribution < -0.4 is 10.6 Å². The van der Waals surface area contributed by atoms with Crippen LogP contribution in [0.15, 0.2) is 0 Å². The highest BCUT2D eigenvalue weighted by molar-refractivity contribution is 5.75. The Kier molecular flexibility index (Phi) is 6.15. The lowest BCUT2D eigenvalue weighted by atomic mass is 9.89. The molecule has 0 unspecified atom stereocenters. The zero-order valence-corrected chi connectivity index (χ0v) is 12.1. The van der Waals surface area contributed by atoms with Crippen molar-refractivity contribution in [2.75, 3.05) is 13.1 Å². The van der Waals surface area contributed by atoms with Crippen molar-refractivity contribution in [3.8, 4) is 0 Å². The predicted octanol–water partition coefficient (Wildman–Crippen LogP) is 2.22. The Bertz CT molecular complexity index is 299. The Labute approximate surface area is 109 Å². The quantitative estimate of drug-likeness (QED) is 0.655. The third-order valence-corrected chi connectivity index (χ3v) is 3.30. The molecule has 0 bridgehead atoms. The maximum atomic E-state index is 11.5. The lowest BCUT2D eigenvalue weighted by Crippen LogP contribution is -2.42. The number of urea groups is 1. The maximum absolute atomic E-state index is 11.5. The molecule has 0 aliphatic heterocycles. The molecule has 0 aliphatic rings. The van der Waals surface area contributed by atoms with E-state index >= 15 is 0 Å². The Morgan fingerprint density at radius 3 is 2.11 bits per heavy atom. The van der Waals surface area contributed by atoms with Gasteiger partial charge in [0.05, 0.1) is 5.41 Å². The monoisotopic (exact) mass is 258 g/mol. The highest BCUT2D eigenvalue weighted by atomic mass is 16.4. The van der Waals surface area contributed by atoms with Crippen LogP contribution in [0.25, 0.3) is 0 Å². The molecule has 0 aliphatic carbocycles. The molecule has 3 N–H and O–H groups in total. The second kappa shape index (κ2) is 6.61. The number of nitrogens with one attached hydrogen (secondary N) is 2. The molecule has 0 aromatic carbocycles. The van der Waals surface area contributed by atoms with Gasteiger partial charge in [-0.25, -0.2) is 4.79 Å². The van der Waals surface area contributed by atoms with E-state index in [1.165, 1.54) is 0 Å². The Morgan fingerprint density at radius 2 is 1.67 bits per heavy atom. The van der Waals surface area contributed by atoms with E-state index in [-0.39, 0.29) is 11.4 Å². The van der Waals surface area contributed by atoms with Crippen molar-refractivity contribution in [1.82, 2.24) is 10.6 Å². The average Bonchev–Trinajstić information content (AvgIpc) is 2.26. The number of amides is 2. The van der Waals surface area contributed by atoms with Gasteiger partial charge in [-0.3, -0.25) is 4.79 Å². The summed E-state index contributed by atoms with van der Waals surface area (Å²) >= 11 is 0. The van der Waals surface area contributed by atoms with Crippen molar-refractivity contribution in [1.29, 1.82) is 0 Å². The van der Waals surface area contributed by atoms with Gasteiger partial charge in [-0.1, -0.05) is 20.8 Å². The third-order valence-electron chi connectivity index (χ3n) is 3.30. The minimum atomic E-state index is -0.850. The Hall–Kier alpha value is -1.26. The summed E-state index contributed by atoms with van der Waals surface area (Å²) in [6.45, 7) is 10.5. The molecule has 0 rings (SSSR count). The van der Waals surface area contributed by atoms with Crippen molar-refractivity contribution in [3.63, 3.8) is 0 Å². The summed E-state index contributed by atoms with van der Waals surface area (Å²) in [6.07, 6.45) is 1.40. The van der Waals surface area contributed by atoms with Crippen molar-refractivity contribution in [3.05, 3.63) is 0 Å². The van der Waals surface area contributed by atoms with E-state index in [0.717, 1.165) is 6.42 Å². The molecular weight excluding hydrogens is 232 g/mol. The molecule has 0 saturated heterocycles. The zero-order valence-electron chi connectivity index (χ0n) is 12.1. The van der Waals surface area contributed by atoms with Crippen LogP contribution in [0.2, 0.25) is 0 Å². The minimum Gasteiger partial charge on any atom is -0.481 e. The number of hydrogen-bond acceptors (Lipinski definition) is 2. The molecule has 0 heterocycles. The molecule has 18 heavy (non-hydrogen) atoms. The first kappa shape index (κ1) is 16.7. The van der Waals surface area contributed by atoms with Gasteiger partial charge < -0.3 is 15.7 Å². The molecule has 5 nitrogen and oxygen atoms in total. The SMILES string of the molecule is CCC(C)(C)CNC(=O)NCCC(C)(C)C(=O)O. The van der Waals surface area contributed by atoms with Crippen LogP contribution in [0, 0.1) is 10.8 Å². The normalized spacial score (nSPS) is 12.1. The first-order valence-corrected chi connectivity index (χ1v) is 6.36. The summed E-state index contributed by atoms with van der Waals surface area (Å²) < 4.78 is 0. The van der Waals surface area contributed by atoms with E-state index in [9.17, 15) is 9.59 Å². The maximum Gasteiger partial charge on any atom is 0.314 e. The van der Waals surface area contributed by atoms with Gasteiger partial charge >= 0.3 is 12.0 Å². The second-order valence-electron chi connectivity index (χ2n) is 6.07. The van der Waals surface area contributed by atoms with Crippen LogP contribution in [0.1, 0.15) is 47.5 Å². The molecule has 0 radical (unpaired) electrons. The standard InChI is InChI=1S/C13H26N2O3/c1-6-12(2,3)9-15-11(18)14-8-7-13(4,5)10(16)17/h6-9H2,1-5H3,(H,16,17)(H2,14,15,18). The van der Waals surface area contributed by atoms with Crippen molar-refractivity contribution < 1.29 is 14.7 Å². The molecule has 5 heteroatoms. The van der Waals surface area contributed by atoms with Gasteiger partial charge in [0.25, 0.3) is 0 Å². The van der Waals surface area contributed by atoms with Crippen LogP contribution in [0.3, 0.4) is 0 Å². The molecule has 0 saturated carbocycles. The summed E-state index contributed by atoms with van der Waals surface area (Å²) in [5, 5.41) is 14.4. The molecule has 0 aromatic rings. The average molecular weight is 258 g/mol. The third kappa shape index (κ3) is 6.47. The number of aliphatic carboxylic acids is 1. The van der Waals surface area contributed by atoms with Crippen LogP contribution in [-0.2, 0) is 4.79 Å². The van der Waals surface area contributed by atoms with Gasteiger partial charge in [0.15, 0.2) is 0 Å². The van der Waals surface area contributed by atoms with Gasteiger partial charge in [-0.15, -0.1) is 0 Å². The lowest BCUT2D eigenvalue weighted by molar-refractivity contribution is -0.147. The van der Waals surface area contributed by atoms with Gasteiger partial charge in [-0.2, -0.15) is 0 Å². The molecule has 0 fully saturated rings. The van der Waals surface area contributed by atoms with E-state index in [1.54, 1.807) is 13.8 Å². The van der Waals surface area contributed by atoms with Gasteiger partial charge in [0.1, 0.15) is 0 Å². The predicted molar refractivity (Wildman–Crippen MR) is 71.5 cm³/mol.